The van der Waals surface area contributed by atoms with Gasteiger partial charge in [0.15, 0.2) is 8.32 Å². The summed E-state index contributed by atoms with van der Waals surface area (Å²) in [5, 5.41) is 0.263. The summed E-state index contributed by atoms with van der Waals surface area (Å²) < 4.78 is 12.6. The number of carbonyl (C=O) groups is 1. The van der Waals surface area contributed by atoms with Crippen molar-refractivity contribution >= 4 is 14.3 Å². The summed E-state index contributed by atoms with van der Waals surface area (Å²) in [6.45, 7) is 20.6. The Kier molecular flexibility index (Phi) is 6.49. The number of hydrogen-bond donors (Lipinski definition) is 0. The van der Waals surface area contributed by atoms with E-state index in [1.54, 1.807) is 5.57 Å². The lowest BCUT2D eigenvalue weighted by Gasteiger charge is -2.58. The van der Waals surface area contributed by atoms with Gasteiger partial charge in [0.1, 0.15) is 0 Å². The molecule has 0 radical (unpaired) electrons. The van der Waals surface area contributed by atoms with Crippen molar-refractivity contribution < 1.29 is 14.0 Å². The lowest BCUT2D eigenvalue weighted by molar-refractivity contribution is -0.139. The van der Waals surface area contributed by atoms with Crippen LogP contribution in [-0.4, -0.2) is 50.5 Å². The van der Waals surface area contributed by atoms with Crippen LogP contribution in [0.25, 0.3) is 0 Å². The van der Waals surface area contributed by atoms with Crippen LogP contribution in [0.5, 0.6) is 0 Å². The number of allylic oxidation sites excluding steroid dienone is 1. The van der Waals surface area contributed by atoms with Crippen LogP contribution in [0.3, 0.4) is 0 Å². The van der Waals surface area contributed by atoms with E-state index < -0.39 is 8.32 Å². The second kappa shape index (κ2) is 9.04. The largest absolute Gasteiger partial charge is 0.463 e. The van der Waals surface area contributed by atoms with E-state index in [-0.39, 0.29) is 16.4 Å². The quantitative estimate of drug-likeness (QED) is 0.209. The Morgan fingerprint density at radius 1 is 1.08 bits per heavy atom. The number of fused-ring (bicyclic) bond motifs is 9. The average molecular weight is 540 g/mol. The lowest BCUT2D eigenvalue weighted by Crippen LogP contribution is -2.51. The van der Waals surface area contributed by atoms with Crippen molar-refractivity contribution in [1.82, 2.24) is 4.90 Å². The highest BCUT2D eigenvalue weighted by Gasteiger charge is 2.64. The number of hydrogen-bond acceptors (Lipinski definition) is 4. The van der Waals surface area contributed by atoms with Gasteiger partial charge in [0, 0.05) is 18.2 Å². The van der Waals surface area contributed by atoms with Gasteiger partial charge in [0.2, 0.25) is 0 Å². The van der Waals surface area contributed by atoms with Gasteiger partial charge in [-0.05, 0) is 124 Å². The molecule has 4 nitrogen and oxygen atoms in total. The smallest absolute Gasteiger partial charge is 0.335 e. The number of carbonyl (C=O) groups excluding carboxylic acids is 1. The van der Waals surface area contributed by atoms with Crippen LogP contribution in [0.4, 0.5) is 0 Å². The van der Waals surface area contributed by atoms with Crippen molar-refractivity contribution in [2.24, 2.45) is 28.6 Å². The number of rotatable bonds is 4. The fourth-order valence-corrected chi connectivity index (χ4v) is 11.4. The van der Waals surface area contributed by atoms with E-state index in [0.717, 1.165) is 36.8 Å². The van der Waals surface area contributed by atoms with E-state index in [0.29, 0.717) is 36.1 Å². The Morgan fingerprint density at radius 3 is 2.53 bits per heavy atom. The van der Waals surface area contributed by atoms with Gasteiger partial charge in [0.25, 0.3) is 0 Å². The topological polar surface area (TPSA) is 38.8 Å². The van der Waals surface area contributed by atoms with Gasteiger partial charge in [0.05, 0.1) is 12.2 Å². The van der Waals surface area contributed by atoms with Crippen molar-refractivity contribution in [2.75, 3.05) is 13.2 Å². The summed E-state index contributed by atoms with van der Waals surface area (Å²) in [4.78, 5) is 16.0. The molecule has 0 amide bonds. The van der Waals surface area contributed by atoms with Gasteiger partial charge in [-0.2, -0.15) is 0 Å². The summed E-state index contributed by atoms with van der Waals surface area (Å²) in [7, 11) is -1.76. The molecule has 212 valence electrons. The first-order chi connectivity index (χ1) is 17.8. The summed E-state index contributed by atoms with van der Waals surface area (Å²) in [6, 6.07) is 0.790. The zero-order chi connectivity index (χ0) is 27.3. The Hall–Kier alpha value is -0.913. The highest BCUT2D eigenvalue weighted by molar-refractivity contribution is 6.74. The molecular weight excluding hydrogens is 486 g/mol. The molecule has 0 aromatic heterocycles. The third kappa shape index (κ3) is 3.84. The third-order valence-corrected chi connectivity index (χ3v) is 17.5. The minimum atomic E-state index is -1.76. The zero-order valence-electron chi connectivity index (χ0n) is 25.5. The summed E-state index contributed by atoms with van der Waals surface area (Å²) in [6.07, 6.45) is 14.1. The van der Waals surface area contributed by atoms with E-state index in [1.165, 1.54) is 50.5 Å². The van der Waals surface area contributed by atoms with E-state index in [9.17, 15) is 4.79 Å². The van der Waals surface area contributed by atoms with Gasteiger partial charge in [-0.3, -0.25) is 4.90 Å². The molecule has 0 aromatic carbocycles. The normalized spacial score (nSPS) is 42.7. The molecule has 0 bridgehead atoms. The maximum atomic E-state index is 13.3. The standard InChI is InChI=1S/C33H53NO3Si/c1-9-36-30(35)28-26-11-10-18-34(26)27-20-25-23-13-12-21-19-22(37-38(7,8)31(2,3)4)14-16-32(21,5)24(23)15-17-33(25,6)29(27)28/h12,22-27H,9-11,13-20H2,1-8H3/t22-,23+,24-,25-,26+,27+,32-,33-/m0/s1. The van der Waals surface area contributed by atoms with Crippen molar-refractivity contribution in [2.45, 2.75) is 136 Å². The van der Waals surface area contributed by atoms with Crippen molar-refractivity contribution in [3.8, 4) is 0 Å². The SMILES string of the molecule is CCOC(=O)C1=C2[C@@H](C[C@H]3[C@@H]4CC=C5C[C@@H](O[Si](C)(C)C(C)(C)C)CC[C@]5(C)[C@H]4CC[C@]23C)N2CCC[C@H]12. The molecule has 6 rings (SSSR count). The predicted octanol–water partition coefficient (Wildman–Crippen LogP) is 7.66. The van der Waals surface area contributed by atoms with Crippen LogP contribution in [-0.2, 0) is 14.0 Å². The first-order valence-electron chi connectivity index (χ1n) is 15.9. The first kappa shape index (κ1) is 27.3. The second-order valence-corrected chi connectivity index (χ2v) is 20.4. The summed E-state index contributed by atoms with van der Waals surface area (Å²) in [5.41, 5.74) is 4.78. The Balaban J connectivity index is 1.28. The molecule has 0 unspecified atom stereocenters. The molecule has 3 saturated carbocycles. The van der Waals surface area contributed by atoms with E-state index in [2.05, 4.69) is 58.7 Å². The maximum Gasteiger partial charge on any atom is 0.335 e. The van der Waals surface area contributed by atoms with Crippen LogP contribution in [0.2, 0.25) is 18.1 Å². The molecule has 8 atom stereocenters. The fraction of sp³-hybridized carbons (Fsp3) is 0.848. The van der Waals surface area contributed by atoms with Gasteiger partial charge >= 0.3 is 5.97 Å². The minimum absolute atomic E-state index is 0.0104. The van der Waals surface area contributed by atoms with Crippen molar-refractivity contribution in [3.63, 3.8) is 0 Å². The van der Waals surface area contributed by atoms with Gasteiger partial charge in [-0.1, -0.05) is 46.3 Å². The summed E-state index contributed by atoms with van der Waals surface area (Å²) >= 11 is 0. The van der Waals surface area contributed by atoms with Crippen LogP contribution in [0.1, 0.15) is 99.3 Å². The number of esters is 1. The minimum Gasteiger partial charge on any atom is -0.463 e. The van der Waals surface area contributed by atoms with Crippen molar-refractivity contribution in [1.29, 1.82) is 0 Å². The molecule has 0 aromatic rings. The average Bonchev–Trinajstić information content (AvgIpc) is 3.49. The fourth-order valence-electron chi connectivity index (χ4n) is 10.0. The molecule has 2 aliphatic heterocycles. The number of nitrogens with zero attached hydrogens (tertiary/aromatic N) is 1. The highest BCUT2D eigenvalue weighted by Crippen LogP contribution is 2.69. The molecule has 4 fully saturated rings. The lowest BCUT2D eigenvalue weighted by atomic mass is 9.47. The molecule has 5 heteroatoms. The molecule has 0 spiro atoms. The van der Waals surface area contributed by atoms with Crippen LogP contribution < -0.4 is 0 Å². The van der Waals surface area contributed by atoms with E-state index in [1.807, 2.05) is 6.92 Å². The monoisotopic (exact) mass is 539 g/mol. The molecule has 2 heterocycles. The molecule has 1 saturated heterocycles. The Morgan fingerprint density at radius 2 is 1.82 bits per heavy atom. The molecule has 0 N–H and O–H groups in total. The zero-order valence-corrected chi connectivity index (χ0v) is 26.5. The van der Waals surface area contributed by atoms with Crippen LogP contribution >= 0.6 is 0 Å². The predicted molar refractivity (Wildman–Crippen MR) is 156 cm³/mol. The Bertz CT molecular complexity index is 1050. The van der Waals surface area contributed by atoms with Crippen LogP contribution in [0.15, 0.2) is 22.8 Å². The van der Waals surface area contributed by atoms with Gasteiger partial charge in [-0.25, -0.2) is 4.79 Å². The maximum absolute atomic E-state index is 13.3. The summed E-state index contributed by atoms with van der Waals surface area (Å²) in [5.74, 6) is 2.18. The molecular formula is C33H53NO3Si. The highest BCUT2D eigenvalue weighted by atomic mass is 28.4. The van der Waals surface area contributed by atoms with Crippen molar-refractivity contribution in [3.05, 3.63) is 22.8 Å². The Labute approximate surface area is 233 Å². The first-order valence-corrected chi connectivity index (χ1v) is 18.8. The van der Waals surface area contributed by atoms with E-state index >= 15 is 0 Å². The molecule has 38 heavy (non-hydrogen) atoms. The van der Waals surface area contributed by atoms with Gasteiger partial charge in [-0.15, -0.1) is 0 Å². The van der Waals surface area contributed by atoms with Gasteiger partial charge < -0.3 is 9.16 Å². The van der Waals surface area contributed by atoms with Crippen LogP contribution in [0, 0.1) is 28.6 Å². The molecule has 6 aliphatic rings. The third-order valence-electron chi connectivity index (χ3n) is 13.0. The van der Waals surface area contributed by atoms with E-state index in [4.69, 9.17) is 9.16 Å². The number of ether oxygens (including phenoxy) is 1. The second-order valence-electron chi connectivity index (χ2n) is 15.7. The molecule has 4 aliphatic carbocycles.